The lowest BCUT2D eigenvalue weighted by Gasteiger charge is -2.36. The van der Waals surface area contributed by atoms with Gasteiger partial charge in [-0.05, 0) is 54.5 Å². The minimum Gasteiger partial charge on any atom is -0.299 e. The van der Waals surface area contributed by atoms with E-state index in [4.69, 9.17) is 0 Å². The van der Waals surface area contributed by atoms with Gasteiger partial charge in [0.15, 0.2) is 0 Å². The maximum absolute atomic E-state index is 13.6. The van der Waals surface area contributed by atoms with Gasteiger partial charge in [-0.1, -0.05) is 76.6 Å². The van der Waals surface area contributed by atoms with Crippen molar-refractivity contribution >= 4 is 10.0 Å². The van der Waals surface area contributed by atoms with Gasteiger partial charge in [-0.25, -0.2) is 8.42 Å². The van der Waals surface area contributed by atoms with E-state index in [9.17, 15) is 8.42 Å². The standard InChI is InChI=1S/C26H38N2O2S/c1-5-24-13-9-10-18-27(24)19-20-28(21-22-11-7-6-8-12-22)31(29,30)25-16-14-23(15-17-25)26(2,3)4/h6-8,11-12,14-17,24H,5,9-10,13,18-21H2,1-4H3. The summed E-state index contributed by atoms with van der Waals surface area (Å²) in [5.74, 6) is 0. The molecule has 0 saturated carbocycles. The minimum absolute atomic E-state index is 0.00452. The highest BCUT2D eigenvalue weighted by Crippen LogP contribution is 2.26. The molecule has 1 heterocycles. The van der Waals surface area contributed by atoms with Gasteiger partial charge >= 0.3 is 0 Å². The van der Waals surface area contributed by atoms with Gasteiger partial charge in [0.05, 0.1) is 4.90 Å². The summed E-state index contributed by atoms with van der Waals surface area (Å²) < 4.78 is 28.9. The largest absolute Gasteiger partial charge is 0.299 e. The fraction of sp³-hybridized carbons (Fsp3) is 0.538. The van der Waals surface area contributed by atoms with Crippen LogP contribution in [0.3, 0.4) is 0 Å². The van der Waals surface area contributed by atoms with Crippen molar-refractivity contribution in [2.45, 2.75) is 76.3 Å². The van der Waals surface area contributed by atoms with Crippen LogP contribution >= 0.6 is 0 Å². The van der Waals surface area contributed by atoms with Gasteiger partial charge in [0.25, 0.3) is 0 Å². The highest BCUT2D eigenvalue weighted by Gasteiger charge is 2.28. The fourth-order valence-corrected chi connectivity index (χ4v) is 5.82. The number of nitrogens with zero attached hydrogens (tertiary/aromatic N) is 2. The van der Waals surface area contributed by atoms with E-state index >= 15 is 0 Å². The van der Waals surface area contributed by atoms with Crippen molar-refractivity contribution in [3.8, 4) is 0 Å². The van der Waals surface area contributed by atoms with Gasteiger partial charge in [-0.2, -0.15) is 4.31 Å². The Morgan fingerprint density at radius 3 is 2.29 bits per heavy atom. The first-order valence-electron chi connectivity index (χ1n) is 11.6. The highest BCUT2D eigenvalue weighted by atomic mass is 32.2. The Kier molecular flexibility index (Phi) is 7.95. The maximum atomic E-state index is 13.6. The third-order valence-electron chi connectivity index (χ3n) is 6.42. The average molecular weight is 443 g/mol. The summed E-state index contributed by atoms with van der Waals surface area (Å²) in [6.45, 7) is 11.4. The average Bonchev–Trinajstić information content (AvgIpc) is 2.77. The van der Waals surface area contributed by atoms with Gasteiger partial charge < -0.3 is 0 Å². The number of sulfonamides is 1. The first-order valence-corrected chi connectivity index (χ1v) is 13.0. The Balaban J connectivity index is 1.83. The van der Waals surface area contributed by atoms with Gasteiger partial charge in [0.2, 0.25) is 10.0 Å². The van der Waals surface area contributed by atoms with Crippen molar-refractivity contribution < 1.29 is 8.42 Å². The summed E-state index contributed by atoms with van der Waals surface area (Å²) in [5, 5.41) is 0. The molecule has 1 aliphatic rings. The van der Waals surface area contributed by atoms with E-state index in [0.29, 0.717) is 24.0 Å². The Hall–Kier alpha value is -1.69. The van der Waals surface area contributed by atoms with E-state index in [1.807, 2.05) is 42.5 Å². The molecule has 1 aliphatic heterocycles. The third kappa shape index (κ3) is 6.18. The lowest BCUT2D eigenvalue weighted by Crippen LogP contribution is -2.44. The van der Waals surface area contributed by atoms with E-state index in [-0.39, 0.29) is 5.41 Å². The summed E-state index contributed by atoms with van der Waals surface area (Å²) in [5.41, 5.74) is 2.15. The predicted octanol–water partition coefficient (Wildman–Crippen LogP) is 5.44. The van der Waals surface area contributed by atoms with Gasteiger partial charge in [0, 0.05) is 25.7 Å². The summed E-state index contributed by atoms with van der Waals surface area (Å²) in [4.78, 5) is 2.86. The molecular formula is C26H38N2O2S. The molecule has 0 bridgehead atoms. The molecule has 3 rings (SSSR count). The highest BCUT2D eigenvalue weighted by molar-refractivity contribution is 7.89. The normalized spacial score (nSPS) is 18.4. The lowest BCUT2D eigenvalue weighted by molar-refractivity contribution is 0.135. The van der Waals surface area contributed by atoms with Crippen LogP contribution in [0.25, 0.3) is 0 Å². The SMILES string of the molecule is CCC1CCCCN1CCN(Cc1ccccc1)S(=O)(=O)c1ccc(C(C)(C)C)cc1. The van der Waals surface area contributed by atoms with Crippen LogP contribution in [0.1, 0.15) is 64.5 Å². The van der Waals surface area contributed by atoms with Crippen LogP contribution in [-0.2, 0) is 22.0 Å². The molecule has 1 atom stereocenters. The number of piperidine rings is 1. The molecule has 0 spiro atoms. The van der Waals surface area contributed by atoms with E-state index in [2.05, 4.69) is 32.6 Å². The molecule has 0 radical (unpaired) electrons. The third-order valence-corrected chi connectivity index (χ3v) is 8.28. The smallest absolute Gasteiger partial charge is 0.243 e. The number of rotatable bonds is 8. The topological polar surface area (TPSA) is 40.6 Å². The molecule has 5 heteroatoms. The first-order chi connectivity index (χ1) is 14.7. The fourth-order valence-electron chi connectivity index (χ4n) is 4.40. The van der Waals surface area contributed by atoms with Crippen LogP contribution in [0, 0.1) is 0 Å². The molecule has 0 amide bonds. The molecule has 1 saturated heterocycles. The molecule has 2 aromatic rings. The van der Waals surface area contributed by atoms with E-state index in [0.717, 1.165) is 30.6 Å². The van der Waals surface area contributed by atoms with Crippen molar-refractivity contribution in [1.82, 2.24) is 9.21 Å². The Morgan fingerprint density at radius 2 is 1.68 bits per heavy atom. The van der Waals surface area contributed by atoms with Crippen LogP contribution in [0.4, 0.5) is 0 Å². The Labute approximate surface area is 189 Å². The monoisotopic (exact) mass is 442 g/mol. The van der Waals surface area contributed by atoms with Crippen LogP contribution < -0.4 is 0 Å². The zero-order chi connectivity index (χ0) is 22.5. The van der Waals surface area contributed by atoms with Crippen molar-refractivity contribution in [2.24, 2.45) is 0 Å². The molecule has 0 N–H and O–H groups in total. The lowest BCUT2D eigenvalue weighted by atomic mass is 9.87. The molecule has 4 nitrogen and oxygen atoms in total. The second kappa shape index (κ2) is 10.3. The van der Waals surface area contributed by atoms with Crippen molar-refractivity contribution in [3.63, 3.8) is 0 Å². The van der Waals surface area contributed by atoms with Crippen molar-refractivity contribution in [3.05, 3.63) is 65.7 Å². The van der Waals surface area contributed by atoms with Crippen LogP contribution in [0.2, 0.25) is 0 Å². The van der Waals surface area contributed by atoms with Gasteiger partial charge in [0.1, 0.15) is 0 Å². The predicted molar refractivity (Wildman–Crippen MR) is 129 cm³/mol. The van der Waals surface area contributed by atoms with Crippen molar-refractivity contribution in [2.75, 3.05) is 19.6 Å². The summed E-state index contributed by atoms with van der Waals surface area (Å²) >= 11 is 0. The number of benzene rings is 2. The number of hydrogen-bond acceptors (Lipinski definition) is 3. The molecule has 1 unspecified atom stereocenters. The van der Waals surface area contributed by atoms with Crippen molar-refractivity contribution in [1.29, 1.82) is 0 Å². The number of hydrogen-bond donors (Lipinski definition) is 0. The molecule has 2 aromatic carbocycles. The molecule has 0 aliphatic carbocycles. The Bertz CT molecular complexity index is 918. The first kappa shape index (κ1) is 24.0. The van der Waals surface area contributed by atoms with E-state index in [1.54, 1.807) is 16.4 Å². The van der Waals surface area contributed by atoms with Crippen LogP contribution in [-0.4, -0.2) is 43.3 Å². The molecule has 170 valence electrons. The zero-order valence-electron chi connectivity index (χ0n) is 19.5. The second-order valence-corrected chi connectivity index (χ2v) is 11.6. The molecule has 31 heavy (non-hydrogen) atoms. The summed E-state index contributed by atoms with van der Waals surface area (Å²) in [7, 11) is -3.58. The molecule has 1 fully saturated rings. The molecule has 0 aromatic heterocycles. The molecular weight excluding hydrogens is 404 g/mol. The van der Waals surface area contributed by atoms with E-state index < -0.39 is 10.0 Å². The quantitative estimate of drug-likeness (QED) is 0.547. The van der Waals surface area contributed by atoms with Gasteiger partial charge in [-0.15, -0.1) is 0 Å². The van der Waals surface area contributed by atoms with Crippen LogP contribution in [0.15, 0.2) is 59.5 Å². The minimum atomic E-state index is -3.58. The van der Waals surface area contributed by atoms with Gasteiger partial charge in [-0.3, -0.25) is 4.90 Å². The Morgan fingerprint density at radius 1 is 1.00 bits per heavy atom. The second-order valence-electron chi connectivity index (χ2n) is 9.69. The number of likely N-dealkylation sites (tertiary alicyclic amines) is 1. The zero-order valence-corrected chi connectivity index (χ0v) is 20.4. The summed E-state index contributed by atoms with van der Waals surface area (Å²) in [6.07, 6.45) is 4.83. The maximum Gasteiger partial charge on any atom is 0.243 e. The van der Waals surface area contributed by atoms with Crippen LogP contribution in [0.5, 0.6) is 0 Å². The summed E-state index contributed by atoms with van der Waals surface area (Å²) in [6, 6.07) is 17.9. The van der Waals surface area contributed by atoms with E-state index in [1.165, 1.54) is 19.3 Å².